The second-order valence-electron chi connectivity index (χ2n) is 5.08. The molecule has 0 aliphatic heterocycles. The van der Waals surface area contributed by atoms with E-state index in [1.165, 1.54) is 32.2 Å². The third-order valence-corrected chi connectivity index (χ3v) is 3.38. The fraction of sp³-hybridized carbons (Fsp3) is 0.167. The Morgan fingerprint density at radius 3 is 2.60 bits per heavy atom. The van der Waals surface area contributed by atoms with E-state index in [0.29, 0.717) is 17.0 Å². The van der Waals surface area contributed by atoms with E-state index in [9.17, 15) is 14.7 Å². The molecule has 1 atom stereocenters. The standard InChI is InChI=1S/C18H16N2O5/c1-11(17(22)20-15-6-4-3-5-12(15)10-19)25-18(23)14-8-7-13(24-2)9-16(14)21/h3-9,11,21H,1-2H3,(H,20,22)/t11-/m0/s1. The molecule has 128 valence electrons. The molecule has 7 nitrogen and oxygen atoms in total. The average Bonchev–Trinajstić information content (AvgIpc) is 2.61. The third-order valence-electron chi connectivity index (χ3n) is 3.38. The lowest BCUT2D eigenvalue weighted by atomic mass is 10.2. The van der Waals surface area contributed by atoms with Gasteiger partial charge < -0.3 is 19.9 Å². The number of nitriles is 1. The summed E-state index contributed by atoms with van der Waals surface area (Å²) in [6.45, 7) is 1.39. The van der Waals surface area contributed by atoms with Gasteiger partial charge in [-0.25, -0.2) is 4.79 Å². The van der Waals surface area contributed by atoms with Gasteiger partial charge in [0.05, 0.1) is 18.4 Å². The molecule has 1 amide bonds. The first-order valence-corrected chi connectivity index (χ1v) is 7.34. The highest BCUT2D eigenvalue weighted by molar-refractivity contribution is 5.98. The second kappa shape index (κ2) is 7.84. The van der Waals surface area contributed by atoms with E-state index < -0.39 is 18.0 Å². The van der Waals surface area contributed by atoms with Crippen molar-refractivity contribution < 1.29 is 24.2 Å². The summed E-state index contributed by atoms with van der Waals surface area (Å²) < 4.78 is 10.00. The molecule has 0 aliphatic rings. The van der Waals surface area contributed by atoms with Crippen molar-refractivity contribution in [3.63, 3.8) is 0 Å². The first kappa shape index (κ1) is 17.8. The van der Waals surface area contributed by atoms with Crippen LogP contribution in [0.15, 0.2) is 42.5 Å². The van der Waals surface area contributed by atoms with Crippen molar-refractivity contribution in [1.29, 1.82) is 5.26 Å². The number of benzene rings is 2. The molecule has 25 heavy (non-hydrogen) atoms. The van der Waals surface area contributed by atoms with Crippen LogP contribution in [0.3, 0.4) is 0 Å². The predicted octanol–water partition coefficient (Wildman–Crippen LogP) is 2.46. The Kier molecular flexibility index (Phi) is 5.58. The van der Waals surface area contributed by atoms with Gasteiger partial charge in [-0.1, -0.05) is 12.1 Å². The van der Waals surface area contributed by atoms with Crippen molar-refractivity contribution in [2.45, 2.75) is 13.0 Å². The number of anilines is 1. The smallest absolute Gasteiger partial charge is 0.342 e. The number of esters is 1. The molecule has 7 heteroatoms. The zero-order valence-electron chi connectivity index (χ0n) is 13.6. The van der Waals surface area contributed by atoms with Crippen LogP contribution < -0.4 is 10.1 Å². The van der Waals surface area contributed by atoms with Crippen LogP contribution in [0.5, 0.6) is 11.5 Å². The number of para-hydroxylation sites is 1. The Balaban J connectivity index is 2.06. The molecule has 0 spiro atoms. The number of hydrogen-bond acceptors (Lipinski definition) is 6. The number of aromatic hydroxyl groups is 1. The molecule has 0 unspecified atom stereocenters. The Hall–Kier alpha value is -3.53. The van der Waals surface area contributed by atoms with E-state index in [1.54, 1.807) is 24.3 Å². The summed E-state index contributed by atoms with van der Waals surface area (Å²) in [5.74, 6) is -1.37. The van der Waals surface area contributed by atoms with E-state index in [4.69, 9.17) is 14.7 Å². The molecule has 0 heterocycles. The van der Waals surface area contributed by atoms with E-state index in [1.807, 2.05) is 6.07 Å². The van der Waals surface area contributed by atoms with Gasteiger partial charge in [-0.3, -0.25) is 4.79 Å². The Bertz CT molecular complexity index is 842. The fourth-order valence-corrected chi connectivity index (χ4v) is 2.01. The number of nitrogens with zero attached hydrogens (tertiary/aromatic N) is 1. The molecule has 2 rings (SSSR count). The van der Waals surface area contributed by atoms with Crippen molar-refractivity contribution >= 4 is 17.6 Å². The number of rotatable bonds is 5. The van der Waals surface area contributed by atoms with Gasteiger partial charge in [0.1, 0.15) is 23.1 Å². The first-order chi connectivity index (χ1) is 12.0. The molecular weight excluding hydrogens is 324 g/mol. The van der Waals surface area contributed by atoms with Crippen LogP contribution in [0.25, 0.3) is 0 Å². The maximum atomic E-state index is 12.2. The lowest BCUT2D eigenvalue weighted by Crippen LogP contribution is -2.30. The van der Waals surface area contributed by atoms with Gasteiger partial charge in [-0.05, 0) is 31.2 Å². The molecule has 2 N–H and O–H groups in total. The summed E-state index contributed by atoms with van der Waals surface area (Å²) in [6, 6.07) is 12.5. The van der Waals surface area contributed by atoms with E-state index >= 15 is 0 Å². The number of phenols is 1. The summed E-state index contributed by atoms with van der Waals surface area (Å²) in [5.41, 5.74) is 0.533. The Morgan fingerprint density at radius 2 is 1.96 bits per heavy atom. The van der Waals surface area contributed by atoms with Crippen LogP contribution in [0.2, 0.25) is 0 Å². The quantitative estimate of drug-likeness (QED) is 0.809. The molecule has 0 saturated carbocycles. The first-order valence-electron chi connectivity index (χ1n) is 7.34. The summed E-state index contributed by atoms with van der Waals surface area (Å²) in [5, 5.41) is 21.4. The molecule has 0 saturated heterocycles. The maximum absolute atomic E-state index is 12.2. The van der Waals surface area contributed by atoms with Crippen molar-refractivity contribution in [3.8, 4) is 17.6 Å². The van der Waals surface area contributed by atoms with Crippen molar-refractivity contribution in [2.75, 3.05) is 12.4 Å². The fourth-order valence-electron chi connectivity index (χ4n) is 2.01. The zero-order chi connectivity index (χ0) is 18.4. The van der Waals surface area contributed by atoms with E-state index in [2.05, 4.69) is 5.32 Å². The zero-order valence-corrected chi connectivity index (χ0v) is 13.6. The topological polar surface area (TPSA) is 109 Å². The largest absolute Gasteiger partial charge is 0.507 e. The molecular formula is C18H16N2O5. The molecule has 0 radical (unpaired) electrons. The SMILES string of the molecule is COc1ccc(C(=O)O[C@@H](C)C(=O)Nc2ccccc2C#N)c(O)c1. The van der Waals surface area contributed by atoms with Crippen molar-refractivity contribution in [1.82, 2.24) is 0 Å². The predicted molar refractivity (Wildman–Crippen MR) is 89.3 cm³/mol. The molecule has 0 fully saturated rings. The second-order valence-corrected chi connectivity index (χ2v) is 5.08. The van der Waals surface area contributed by atoms with Crippen LogP contribution in [-0.4, -0.2) is 30.2 Å². The molecule has 0 aliphatic carbocycles. The number of carbonyl (C=O) groups excluding carboxylic acids is 2. The molecule has 0 bridgehead atoms. The summed E-state index contributed by atoms with van der Waals surface area (Å²) in [4.78, 5) is 24.3. The number of hydrogen-bond donors (Lipinski definition) is 2. The lowest BCUT2D eigenvalue weighted by Gasteiger charge is -2.14. The van der Waals surface area contributed by atoms with Gasteiger partial charge in [-0.15, -0.1) is 0 Å². The highest BCUT2D eigenvalue weighted by atomic mass is 16.5. The minimum absolute atomic E-state index is 0.0853. The Labute approximate surface area is 144 Å². The monoisotopic (exact) mass is 340 g/mol. The highest BCUT2D eigenvalue weighted by Gasteiger charge is 2.22. The van der Waals surface area contributed by atoms with E-state index in [0.717, 1.165) is 0 Å². The Morgan fingerprint density at radius 1 is 1.24 bits per heavy atom. The van der Waals surface area contributed by atoms with Crippen molar-refractivity contribution in [2.24, 2.45) is 0 Å². The van der Waals surface area contributed by atoms with Gasteiger partial charge in [0, 0.05) is 6.07 Å². The van der Waals surface area contributed by atoms with Crippen LogP contribution in [-0.2, 0) is 9.53 Å². The van der Waals surface area contributed by atoms with Crippen LogP contribution in [0.4, 0.5) is 5.69 Å². The van der Waals surface area contributed by atoms with Gasteiger partial charge in [0.25, 0.3) is 5.91 Å². The minimum atomic E-state index is -1.12. The van der Waals surface area contributed by atoms with Crippen LogP contribution in [0.1, 0.15) is 22.8 Å². The number of methoxy groups -OCH3 is 1. The lowest BCUT2D eigenvalue weighted by molar-refractivity contribution is -0.123. The molecule has 2 aromatic rings. The van der Waals surface area contributed by atoms with Gasteiger partial charge in [0.2, 0.25) is 0 Å². The van der Waals surface area contributed by atoms with Gasteiger partial charge in [-0.2, -0.15) is 5.26 Å². The molecule has 0 aromatic heterocycles. The average molecular weight is 340 g/mol. The molecule has 2 aromatic carbocycles. The van der Waals surface area contributed by atoms with E-state index in [-0.39, 0.29) is 11.3 Å². The van der Waals surface area contributed by atoms with Gasteiger partial charge in [0.15, 0.2) is 6.10 Å². The van der Waals surface area contributed by atoms with Gasteiger partial charge >= 0.3 is 5.97 Å². The maximum Gasteiger partial charge on any atom is 0.342 e. The summed E-state index contributed by atoms with van der Waals surface area (Å²) in [6.07, 6.45) is -1.12. The van der Waals surface area contributed by atoms with Crippen LogP contribution >= 0.6 is 0 Å². The van der Waals surface area contributed by atoms with Crippen LogP contribution in [0, 0.1) is 11.3 Å². The highest BCUT2D eigenvalue weighted by Crippen LogP contribution is 2.24. The third kappa shape index (κ3) is 4.26. The van der Waals surface area contributed by atoms with Crippen molar-refractivity contribution in [3.05, 3.63) is 53.6 Å². The summed E-state index contributed by atoms with van der Waals surface area (Å²) >= 11 is 0. The minimum Gasteiger partial charge on any atom is -0.507 e. The summed E-state index contributed by atoms with van der Waals surface area (Å²) in [7, 11) is 1.43. The number of nitrogens with one attached hydrogen (secondary N) is 1. The normalized spacial score (nSPS) is 11.1. The number of ether oxygens (including phenoxy) is 2. The number of phenolic OH excluding ortho intramolecular Hbond substituents is 1. The number of amides is 1. The number of carbonyl (C=O) groups is 2.